The number of nitrogens with one attached hydrogen (secondary N) is 1. The van der Waals surface area contributed by atoms with E-state index < -0.39 is 0 Å². The van der Waals surface area contributed by atoms with Crippen LogP contribution in [0.5, 0.6) is 0 Å². The van der Waals surface area contributed by atoms with Crippen molar-refractivity contribution in [1.29, 1.82) is 0 Å². The Kier molecular flexibility index (Phi) is 4.42. The molecule has 110 valence electrons. The lowest BCUT2D eigenvalue weighted by atomic mass is 10.1. The Hall–Kier alpha value is -1.58. The van der Waals surface area contributed by atoms with Crippen molar-refractivity contribution in [2.45, 2.75) is 33.4 Å². The van der Waals surface area contributed by atoms with Crippen LogP contribution in [0.4, 0.5) is 0 Å². The third kappa shape index (κ3) is 3.20. The molecule has 0 saturated heterocycles. The molecule has 0 saturated carbocycles. The molecule has 1 N–H and O–H groups in total. The molecule has 0 atom stereocenters. The third-order valence-corrected chi connectivity index (χ3v) is 5.02. The van der Waals surface area contributed by atoms with Gasteiger partial charge in [0.05, 0.1) is 6.54 Å². The van der Waals surface area contributed by atoms with Crippen molar-refractivity contribution in [3.05, 3.63) is 57.9 Å². The van der Waals surface area contributed by atoms with Gasteiger partial charge in [0.15, 0.2) is 0 Å². The zero-order valence-corrected chi connectivity index (χ0v) is 13.5. The Labute approximate surface area is 130 Å². The van der Waals surface area contributed by atoms with Crippen molar-refractivity contribution in [2.75, 3.05) is 6.54 Å². The maximum atomic E-state index is 3.39. The fourth-order valence-electron chi connectivity index (χ4n) is 2.61. The molecule has 0 aliphatic carbocycles. The van der Waals surface area contributed by atoms with Gasteiger partial charge in [0, 0.05) is 28.0 Å². The van der Waals surface area contributed by atoms with E-state index in [9.17, 15) is 0 Å². The molecule has 0 unspecified atom stereocenters. The van der Waals surface area contributed by atoms with Gasteiger partial charge in [-0.25, -0.2) is 0 Å². The van der Waals surface area contributed by atoms with Crippen LogP contribution in [-0.2, 0) is 19.5 Å². The molecule has 0 spiro atoms. The standard InChI is InChI=1S/C18H22N2S/c1-3-16-7-8-17(21-16)13-20-10-9-15-6-5-14(11-18(15)20)12-19-4-2/h5-11,19H,3-4,12-13H2,1-2H3. The van der Waals surface area contributed by atoms with E-state index >= 15 is 0 Å². The Morgan fingerprint density at radius 2 is 1.90 bits per heavy atom. The number of hydrogen-bond acceptors (Lipinski definition) is 2. The molecule has 0 radical (unpaired) electrons. The number of rotatable bonds is 6. The van der Waals surface area contributed by atoms with Crippen LogP contribution in [0.2, 0.25) is 0 Å². The number of nitrogens with zero attached hydrogens (tertiary/aromatic N) is 1. The summed E-state index contributed by atoms with van der Waals surface area (Å²) in [5.41, 5.74) is 2.68. The zero-order chi connectivity index (χ0) is 14.7. The highest BCUT2D eigenvalue weighted by Crippen LogP contribution is 2.22. The summed E-state index contributed by atoms with van der Waals surface area (Å²) in [5, 5.41) is 4.72. The second-order valence-electron chi connectivity index (χ2n) is 5.34. The van der Waals surface area contributed by atoms with E-state index in [1.54, 1.807) is 0 Å². The summed E-state index contributed by atoms with van der Waals surface area (Å²) < 4.78 is 2.36. The first-order valence-corrected chi connectivity index (χ1v) is 8.48. The number of aromatic nitrogens is 1. The molecule has 0 amide bonds. The maximum Gasteiger partial charge on any atom is 0.0569 e. The average molecular weight is 298 g/mol. The molecule has 2 nitrogen and oxygen atoms in total. The minimum Gasteiger partial charge on any atom is -0.342 e. The van der Waals surface area contributed by atoms with E-state index in [1.165, 1.54) is 26.2 Å². The average Bonchev–Trinajstić information content (AvgIpc) is 3.12. The molecule has 0 bridgehead atoms. The molecule has 3 heteroatoms. The van der Waals surface area contributed by atoms with Gasteiger partial charge in [0.2, 0.25) is 0 Å². The van der Waals surface area contributed by atoms with Gasteiger partial charge < -0.3 is 9.88 Å². The lowest BCUT2D eigenvalue weighted by Crippen LogP contribution is -2.11. The molecule has 3 rings (SSSR count). The van der Waals surface area contributed by atoms with Crippen LogP contribution in [0.15, 0.2) is 42.6 Å². The van der Waals surface area contributed by atoms with Crippen molar-refractivity contribution < 1.29 is 0 Å². The summed E-state index contributed by atoms with van der Waals surface area (Å²) in [5.74, 6) is 0. The minimum atomic E-state index is 0.941. The predicted molar refractivity (Wildman–Crippen MR) is 92.1 cm³/mol. The van der Waals surface area contributed by atoms with Crippen molar-refractivity contribution in [2.24, 2.45) is 0 Å². The molecule has 2 aromatic heterocycles. The first kappa shape index (κ1) is 14.4. The van der Waals surface area contributed by atoms with E-state index in [0.717, 1.165) is 26.1 Å². The van der Waals surface area contributed by atoms with E-state index in [4.69, 9.17) is 0 Å². The highest BCUT2D eigenvalue weighted by Gasteiger charge is 2.05. The Morgan fingerprint density at radius 3 is 2.67 bits per heavy atom. The first-order chi connectivity index (χ1) is 10.3. The summed E-state index contributed by atoms with van der Waals surface area (Å²) in [6.45, 7) is 7.28. The molecule has 3 aromatic rings. The van der Waals surface area contributed by atoms with Crippen LogP contribution in [-0.4, -0.2) is 11.1 Å². The van der Waals surface area contributed by atoms with E-state index in [-0.39, 0.29) is 0 Å². The third-order valence-electron chi connectivity index (χ3n) is 3.81. The summed E-state index contributed by atoms with van der Waals surface area (Å²) >= 11 is 1.92. The predicted octanol–water partition coefficient (Wildman–Crippen LogP) is 4.42. The molecule has 2 heterocycles. The number of thiophene rings is 1. The van der Waals surface area contributed by atoms with Gasteiger partial charge in [-0.05, 0) is 48.2 Å². The largest absolute Gasteiger partial charge is 0.342 e. The summed E-state index contributed by atoms with van der Waals surface area (Å²) in [7, 11) is 0. The van der Waals surface area contributed by atoms with Crippen molar-refractivity contribution in [1.82, 2.24) is 9.88 Å². The molecule has 0 aliphatic rings. The number of aryl methyl sites for hydroxylation is 1. The van der Waals surface area contributed by atoms with Crippen LogP contribution in [0.25, 0.3) is 10.9 Å². The van der Waals surface area contributed by atoms with Crippen LogP contribution in [0, 0.1) is 0 Å². The number of hydrogen-bond donors (Lipinski definition) is 1. The molecular formula is C18H22N2S. The lowest BCUT2D eigenvalue weighted by molar-refractivity contribution is 0.727. The van der Waals surface area contributed by atoms with Crippen molar-refractivity contribution in [3.8, 4) is 0 Å². The van der Waals surface area contributed by atoms with Gasteiger partial charge in [-0.1, -0.05) is 26.0 Å². The van der Waals surface area contributed by atoms with Crippen molar-refractivity contribution >= 4 is 22.2 Å². The second kappa shape index (κ2) is 6.46. The zero-order valence-electron chi connectivity index (χ0n) is 12.7. The monoisotopic (exact) mass is 298 g/mol. The van der Waals surface area contributed by atoms with Gasteiger partial charge in [0.25, 0.3) is 0 Å². The van der Waals surface area contributed by atoms with Gasteiger partial charge in [-0.3, -0.25) is 0 Å². The topological polar surface area (TPSA) is 17.0 Å². The number of fused-ring (bicyclic) bond motifs is 1. The van der Waals surface area contributed by atoms with Gasteiger partial charge >= 0.3 is 0 Å². The molecule has 0 aliphatic heterocycles. The number of benzene rings is 1. The molecule has 1 aromatic carbocycles. The highest BCUT2D eigenvalue weighted by molar-refractivity contribution is 7.11. The SMILES string of the molecule is CCNCc1ccc2ccn(Cc3ccc(CC)s3)c2c1. The molecule has 21 heavy (non-hydrogen) atoms. The second-order valence-corrected chi connectivity index (χ2v) is 6.59. The summed E-state index contributed by atoms with van der Waals surface area (Å²) in [6.07, 6.45) is 3.33. The highest BCUT2D eigenvalue weighted by atomic mass is 32.1. The fourth-order valence-corrected chi connectivity index (χ4v) is 3.57. The van der Waals surface area contributed by atoms with Crippen LogP contribution >= 0.6 is 11.3 Å². The first-order valence-electron chi connectivity index (χ1n) is 7.66. The van der Waals surface area contributed by atoms with Crippen LogP contribution < -0.4 is 5.32 Å². The van der Waals surface area contributed by atoms with Crippen LogP contribution in [0.3, 0.4) is 0 Å². The molecule has 0 fully saturated rings. The van der Waals surface area contributed by atoms with E-state index in [1.807, 2.05) is 11.3 Å². The minimum absolute atomic E-state index is 0.941. The fraction of sp³-hybridized carbons (Fsp3) is 0.333. The summed E-state index contributed by atoms with van der Waals surface area (Å²) in [6, 6.07) is 13.5. The lowest BCUT2D eigenvalue weighted by Gasteiger charge is -2.06. The maximum absolute atomic E-state index is 3.39. The molecular weight excluding hydrogens is 276 g/mol. The van der Waals surface area contributed by atoms with Gasteiger partial charge in [-0.2, -0.15) is 0 Å². The van der Waals surface area contributed by atoms with Crippen molar-refractivity contribution in [3.63, 3.8) is 0 Å². The van der Waals surface area contributed by atoms with E-state index in [2.05, 4.69) is 66.3 Å². The Bertz CT molecular complexity index is 724. The smallest absolute Gasteiger partial charge is 0.0569 e. The Morgan fingerprint density at radius 1 is 1.05 bits per heavy atom. The van der Waals surface area contributed by atoms with E-state index in [0.29, 0.717) is 0 Å². The summed E-state index contributed by atoms with van der Waals surface area (Å²) in [4.78, 5) is 2.90. The quantitative estimate of drug-likeness (QED) is 0.712. The normalized spacial score (nSPS) is 11.3. The van der Waals surface area contributed by atoms with Gasteiger partial charge in [0.1, 0.15) is 0 Å². The Balaban J connectivity index is 1.87. The van der Waals surface area contributed by atoms with Gasteiger partial charge in [-0.15, -0.1) is 11.3 Å². The van der Waals surface area contributed by atoms with Crippen LogP contribution in [0.1, 0.15) is 29.2 Å².